The number of sulfonamides is 1. The molecule has 6 heteroatoms. The fourth-order valence-electron chi connectivity index (χ4n) is 2.03. The van der Waals surface area contributed by atoms with Crippen LogP contribution in [0.5, 0.6) is 0 Å². The van der Waals surface area contributed by atoms with E-state index in [4.69, 9.17) is 5.73 Å². The van der Waals surface area contributed by atoms with Gasteiger partial charge in [-0.15, -0.1) is 0 Å². The van der Waals surface area contributed by atoms with Gasteiger partial charge < -0.3 is 5.73 Å². The Morgan fingerprint density at radius 3 is 2.00 bits per heavy atom. The van der Waals surface area contributed by atoms with Gasteiger partial charge in [-0.3, -0.25) is 4.79 Å². The van der Waals surface area contributed by atoms with E-state index in [0.717, 1.165) is 4.31 Å². The molecule has 0 bridgehead atoms. The lowest BCUT2D eigenvalue weighted by molar-refractivity contribution is -0.137. The molecule has 1 rings (SSSR count). The van der Waals surface area contributed by atoms with Crippen molar-refractivity contribution in [2.24, 2.45) is 5.73 Å². The molecule has 94 valence electrons. The molecule has 0 aromatic heterocycles. The first kappa shape index (κ1) is 13.4. The second kappa shape index (κ2) is 3.70. The smallest absolute Gasteiger partial charge is 0.259 e. The molecule has 16 heavy (non-hydrogen) atoms. The number of hydrogen-bond donors (Lipinski definition) is 1. The lowest BCUT2D eigenvalue weighted by Gasteiger charge is -2.53. The molecule has 1 fully saturated rings. The predicted octanol–water partition coefficient (Wildman–Crippen LogP) is 0.455. The van der Waals surface area contributed by atoms with E-state index in [9.17, 15) is 13.2 Å². The number of rotatable bonds is 4. The molecule has 1 amide bonds. The molecule has 0 aromatic rings. The average Bonchev–Trinajstić information content (AvgIpc) is 2.24. The van der Waals surface area contributed by atoms with Crippen molar-refractivity contribution in [2.75, 3.05) is 6.54 Å². The first-order valence-corrected chi connectivity index (χ1v) is 6.94. The Bertz CT molecular complexity index is 388. The topological polar surface area (TPSA) is 80.5 Å². The summed E-state index contributed by atoms with van der Waals surface area (Å²) in [6.45, 7) is 6.75. The number of carbonyl (C=O) groups is 1. The Morgan fingerprint density at radius 2 is 1.75 bits per heavy atom. The van der Waals surface area contributed by atoms with Gasteiger partial charge in [-0.2, -0.15) is 0 Å². The monoisotopic (exact) mass is 248 g/mol. The van der Waals surface area contributed by atoms with Crippen LogP contribution in [0.25, 0.3) is 0 Å². The van der Waals surface area contributed by atoms with Gasteiger partial charge in [0.15, 0.2) is 4.75 Å². The van der Waals surface area contributed by atoms with E-state index >= 15 is 0 Å². The Balaban J connectivity index is 3.23. The quantitative estimate of drug-likeness (QED) is 0.783. The highest BCUT2D eigenvalue weighted by atomic mass is 32.2. The van der Waals surface area contributed by atoms with Gasteiger partial charge in [-0.1, -0.05) is 13.8 Å². The predicted molar refractivity (Wildman–Crippen MR) is 62.2 cm³/mol. The lowest BCUT2D eigenvalue weighted by Crippen LogP contribution is -2.75. The number of nitrogens with two attached hydrogens (primary N) is 1. The first-order chi connectivity index (χ1) is 7.21. The molecule has 0 saturated carbocycles. The van der Waals surface area contributed by atoms with E-state index < -0.39 is 20.3 Å². The molecule has 0 radical (unpaired) electrons. The molecule has 1 aliphatic heterocycles. The second-order valence-electron chi connectivity index (χ2n) is 4.72. The number of carbonyl (C=O) groups excluding carboxylic acids is 1. The highest BCUT2D eigenvalue weighted by Crippen LogP contribution is 2.42. The standard InChI is InChI=1S/C10H20N2O3S/c1-5-10(6-2,7-11)12-8(13)9(3,4)16(12,14)15/h5-7,11H2,1-4H3. The third kappa shape index (κ3) is 1.32. The summed E-state index contributed by atoms with van der Waals surface area (Å²) < 4.78 is 23.8. The highest BCUT2D eigenvalue weighted by Gasteiger charge is 2.65. The van der Waals surface area contributed by atoms with Crippen LogP contribution in [0, 0.1) is 0 Å². The fourth-order valence-corrected chi connectivity index (χ4v) is 3.96. The van der Waals surface area contributed by atoms with Crippen LogP contribution in [-0.2, 0) is 14.8 Å². The molecule has 1 aliphatic rings. The largest absolute Gasteiger partial charge is 0.328 e. The molecule has 0 atom stereocenters. The highest BCUT2D eigenvalue weighted by molar-refractivity contribution is 7.94. The first-order valence-electron chi connectivity index (χ1n) is 5.50. The van der Waals surface area contributed by atoms with Gasteiger partial charge in [0.2, 0.25) is 0 Å². The van der Waals surface area contributed by atoms with Gasteiger partial charge in [0.25, 0.3) is 15.9 Å². The fraction of sp³-hybridized carbons (Fsp3) is 0.900. The van der Waals surface area contributed by atoms with E-state index in [-0.39, 0.29) is 12.5 Å². The zero-order chi connectivity index (χ0) is 12.8. The summed E-state index contributed by atoms with van der Waals surface area (Å²) in [6.07, 6.45) is 1.09. The van der Waals surface area contributed by atoms with Crippen molar-refractivity contribution in [1.82, 2.24) is 4.31 Å². The van der Waals surface area contributed by atoms with Gasteiger partial charge >= 0.3 is 0 Å². The molecule has 0 unspecified atom stereocenters. The normalized spacial score (nSPS) is 23.1. The lowest BCUT2D eigenvalue weighted by atomic mass is 9.91. The minimum absolute atomic E-state index is 0.168. The molecule has 1 heterocycles. The van der Waals surface area contributed by atoms with E-state index in [1.807, 2.05) is 13.8 Å². The third-order valence-corrected chi connectivity index (χ3v) is 6.21. The summed E-state index contributed by atoms with van der Waals surface area (Å²) in [5, 5.41) is 0. The minimum atomic E-state index is -3.54. The van der Waals surface area contributed by atoms with Crippen LogP contribution in [0.4, 0.5) is 0 Å². The van der Waals surface area contributed by atoms with Crippen LogP contribution in [0.2, 0.25) is 0 Å². The molecule has 5 nitrogen and oxygen atoms in total. The molecule has 0 spiro atoms. The molecule has 0 aliphatic carbocycles. The van der Waals surface area contributed by atoms with Crippen molar-refractivity contribution >= 4 is 15.9 Å². The van der Waals surface area contributed by atoms with Gasteiger partial charge in [0.05, 0.1) is 5.54 Å². The van der Waals surface area contributed by atoms with E-state index in [1.54, 1.807) is 0 Å². The van der Waals surface area contributed by atoms with Gasteiger partial charge in [-0.05, 0) is 26.7 Å². The Labute approximate surface area is 97.0 Å². The number of nitrogens with zero attached hydrogens (tertiary/aromatic N) is 1. The minimum Gasteiger partial charge on any atom is -0.328 e. The van der Waals surface area contributed by atoms with Crippen molar-refractivity contribution in [3.05, 3.63) is 0 Å². The summed E-state index contributed by atoms with van der Waals surface area (Å²) in [4.78, 5) is 11.9. The van der Waals surface area contributed by atoms with Gasteiger partial charge in [-0.25, -0.2) is 12.7 Å². The van der Waals surface area contributed by atoms with Crippen molar-refractivity contribution < 1.29 is 13.2 Å². The maximum Gasteiger partial charge on any atom is 0.259 e. The Morgan fingerprint density at radius 1 is 1.31 bits per heavy atom. The summed E-state index contributed by atoms with van der Waals surface area (Å²) in [6, 6.07) is 0. The van der Waals surface area contributed by atoms with Gasteiger partial charge in [0.1, 0.15) is 0 Å². The van der Waals surface area contributed by atoms with Crippen molar-refractivity contribution in [3.63, 3.8) is 0 Å². The zero-order valence-electron chi connectivity index (χ0n) is 10.3. The summed E-state index contributed by atoms with van der Waals surface area (Å²) >= 11 is 0. The van der Waals surface area contributed by atoms with Crippen LogP contribution in [-0.4, -0.2) is 35.5 Å². The molecule has 2 N–H and O–H groups in total. The van der Waals surface area contributed by atoms with Crippen molar-refractivity contribution in [3.8, 4) is 0 Å². The van der Waals surface area contributed by atoms with E-state index in [2.05, 4.69) is 0 Å². The Hall–Kier alpha value is -0.620. The van der Waals surface area contributed by atoms with Crippen LogP contribution in [0.3, 0.4) is 0 Å². The summed E-state index contributed by atoms with van der Waals surface area (Å²) in [5.74, 6) is -0.346. The van der Waals surface area contributed by atoms with Crippen LogP contribution in [0.1, 0.15) is 40.5 Å². The zero-order valence-corrected chi connectivity index (χ0v) is 11.1. The van der Waals surface area contributed by atoms with Crippen LogP contribution >= 0.6 is 0 Å². The van der Waals surface area contributed by atoms with E-state index in [1.165, 1.54) is 13.8 Å². The maximum absolute atomic E-state index is 12.1. The van der Waals surface area contributed by atoms with E-state index in [0.29, 0.717) is 12.8 Å². The maximum atomic E-state index is 12.1. The van der Waals surface area contributed by atoms with Crippen molar-refractivity contribution in [1.29, 1.82) is 0 Å². The van der Waals surface area contributed by atoms with Gasteiger partial charge in [0, 0.05) is 6.54 Å². The summed E-state index contributed by atoms with van der Waals surface area (Å²) in [7, 11) is -3.54. The number of amides is 1. The van der Waals surface area contributed by atoms with Crippen molar-refractivity contribution in [2.45, 2.75) is 50.8 Å². The SMILES string of the molecule is CCC(CC)(CN)N1C(=O)C(C)(C)S1(=O)=O. The molecule has 0 aromatic carbocycles. The molecular weight excluding hydrogens is 228 g/mol. The molecule has 1 saturated heterocycles. The second-order valence-corrected chi connectivity index (χ2v) is 7.06. The van der Waals surface area contributed by atoms with Crippen LogP contribution < -0.4 is 5.73 Å². The summed E-state index contributed by atoms with van der Waals surface area (Å²) in [5.41, 5.74) is 4.91. The average molecular weight is 248 g/mol. The Kier molecular flexibility index (Phi) is 3.11. The van der Waals surface area contributed by atoms with Crippen LogP contribution in [0.15, 0.2) is 0 Å². The number of hydrogen-bond acceptors (Lipinski definition) is 4. The molecular formula is C10H20N2O3S. The third-order valence-electron chi connectivity index (χ3n) is 3.71.